The maximum atomic E-state index is 13.6. The van der Waals surface area contributed by atoms with Gasteiger partial charge in [0.25, 0.3) is 0 Å². The van der Waals surface area contributed by atoms with E-state index in [0.717, 1.165) is 6.26 Å². The zero-order valence-electron chi connectivity index (χ0n) is 26.2. The molecule has 0 radical (unpaired) electrons. The van der Waals surface area contributed by atoms with Crippen LogP contribution in [0, 0.1) is 5.92 Å². The predicted molar refractivity (Wildman–Crippen MR) is 166 cm³/mol. The summed E-state index contributed by atoms with van der Waals surface area (Å²) in [6.45, 7) is -0.379. The van der Waals surface area contributed by atoms with E-state index in [1.54, 1.807) is 0 Å². The minimum absolute atomic E-state index is 0.0345. The summed E-state index contributed by atoms with van der Waals surface area (Å²) in [5, 5.41) is 63.1. The van der Waals surface area contributed by atoms with E-state index < -0.39 is 47.5 Å². The molecule has 15 nitrogen and oxygen atoms in total. The van der Waals surface area contributed by atoms with Crippen molar-refractivity contribution in [2.24, 2.45) is 5.92 Å². The van der Waals surface area contributed by atoms with Gasteiger partial charge in [0.15, 0.2) is 34.5 Å². The van der Waals surface area contributed by atoms with Crippen LogP contribution < -0.4 is 29.1 Å². The number of phenolic OH excluding ortho intramolecular Hbond substituents is 3. The number of rotatable bonds is 10. The molecule has 1 aliphatic rings. The Bertz CT molecular complexity index is 1880. The van der Waals surface area contributed by atoms with E-state index >= 15 is 0 Å². The van der Waals surface area contributed by atoms with Gasteiger partial charge in [-0.05, 0) is 42.3 Å². The Hall–Kier alpha value is -5.38. The van der Waals surface area contributed by atoms with Crippen LogP contribution >= 0.6 is 0 Å². The summed E-state index contributed by atoms with van der Waals surface area (Å²) in [5.74, 6) is -3.04. The molecule has 4 aromatic rings. The third kappa shape index (κ3) is 6.17. The topological polar surface area (TPSA) is 224 Å². The van der Waals surface area contributed by atoms with Gasteiger partial charge in [-0.3, -0.25) is 4.79 Å². The highest BCUT2D eigenvalue weighted by molar-refractivity contribution is 5.92. The number of carbonyl (C=O) groups excluding carboxylic acids is 1. The lowest BCUT2D eigenvalue weighted by atomic mass is 9.81. The van der Waals surface area contributed by atoms with Crippen molar-refractivity contribution in [3.63, 3.8) is 0 Å². The second kappa shape index (κ2) is 13.8. The summed E-state index contributed by atoms with van der Waals surface area (Å²) in [6.07, 6.45) is -5.06. The van der Waals surface area contributed by atoms with Crippen LogP contribution in [0.5, 0.6) is 46.0 Å². The summed E-state index contributed by atoms with van der Waals surface area (Å²) < 4.78 is 37.8. The summed E-state index contributed by atoms with van der Waals surface area (Å²) in [5.41, 5.74) is -0.578. The standard InChI is InChI=1S/C33H34O15/c1-42-20-8-14(5-6-18(20)34)33(41)47-12-16-10-22(28(38)30(40)26(16)36)48-24-11-21-25(29(39)32(24)45-4)27(37)17(13-46-21)15-7-19(35)31(44-3)23(9-15)43-2/h5-9,11,13,16,22,26,28,30,34-36,38-40H,10,12H2,1-4H3. The Morgan fingerprint density at radius 3 is 2.19 bits per heavy atom. The number of methoxy groups -OCH3 is 4. The minimum atomic E-state index is -1.71. The van der Waals surface area contributed by atoms with Gasteiger partial charge < -0.3 is 63.5 Å². The van der Waals surface area contributed by atoms with E-state index in [9.17, 15) is 40.2 Å². The van der Waals surface area contributed by atoms with Crippen molar-refractivity contribution in [1.29, 1.82) is 0 Å². The Morgan fingerprint density at radius 1 is 0.812 bits per heavy atom. The summed E-state index contributed by atoms with van der Waals surface area (Å²) >= 11 is 0. The second-order valence-corrected chi connectivity index (χ2v) is 10.9. The first-order valence-electron chi connectivity index (χ1n) is 14.5. The Kier molecular flexibility index (Phi) is 9.74. The molecule has 0 spiro atoms. The lowest BCUT2D eigenvalue weighted by molar-refractivity contribution is -0.157. The van der Waals surface area contributed by atoms with Gasteiger partial charge in [-0.2, -0.15) is 0 Å². The van der Waals surface area contributed by atoms with E-state index in [1.807, 2.05) is 0 Å². The number of benzene rings is 3. The third-order valence-corrected chi connectivity index (χ3v) is 8.16. The fourth-order valence-electron chi connectivity index (χ4n) is 5.61. The molecule has 0 saturated heterocycles. The van der Waals surface area contributed by atoms with Gasteiger partial charge in [0.1, 0.15) is 35.5 Å². The van der Waals surface area contributed by atoms with Crippen molar-refractivity contribution in [2.45, 2.75) is 30.8 Å². The molecule has 5 atom stereocenters. The fourth-order valence-corrected chi connectivity index (χ4v) is 5.61. The number of aliphatic hydroxyl groups excluding tert-OH is 3. The van der Waals surface area contributed by atoms with E-state index in [2.05, 4.69) is 0 Å². The largest absolute Gasteiger partial charge is 0.504 e. The first-order chi connectivity index (χ1) is 22.9. The van der Waals surface area contributed by atoms with Crippen molar-refractivity contribution in [3.05, 3.63) is 58.4 Å². The molecule has 1 saturated carbocycles. The van der Waals surface area contributed by atoms with Crippen LogP contribution in [0.4, 0.5) is 0 Å². The van der Waals surface area contributed by atoms with Gasteiger partial charge in [-0.1, -0.05) is 0 Å². The zero-order chi connectivity index (χ0) is 34.9. The van der Waals surface area contributed by atoms with Crippen LogP contribution in [-0.4, -0.2) is 96.1 Å². The number of phenols is 3. The zero-order valence-corrected chi connectivity index (χ0v) is 26.2. The number of hydrogen-bond donors (Lipinski definition) is 6. The molecule has 0 aliphatic heterocycles. The molecule has 1 heterocycles. The van der Waals surface area contributed by atoms with Crippen LogP contribution in [0.1, 0.15) is 16.8 Å². The van der Waals surface area contributed by atoms with Gasteiger partial charge in [0, 0.05) is 12.0 Å². The lowest BCUT2D eigenvalue weighted by Crippen LogP contribution is -2.56. The SMILES string of the molecule is COc1cc(C(=O)OCC2CC(Oc3cc4occ(-c5cc(O)c(OC)c(OC)c5)c(=O)c4c(O)c3OC)C(O)C(O)C2O)ccc1O. The van der Waals surface area contributed by atoms with Crippen LogP contribution in [0.2, 0.25) is 0 Å². The molecule has 5 unspecified atom stereocenters. The van der Waals surface area contributed by atoms with Gasteiger partial charge in [-0.15, -0.1) is 0 Å². The van der Waals surface area contributed by atoms with Gasteiger partial charge in [-0.25, -0.2) is 4.79 Å². The Morgan fingerprint density at radius 2 is 1.52 bits per heavy atom. The number of fused-ring (bicyclic) bond motifs is 1. The average Bonchev–Trinajstić information content (AvgIpc) is 3.07. The van der Waals surface area contributed by atoms with Crippen molar-refractivity contribution in [1.82, 2.24) is 0 Å². The maximum Gasteiger partial charge on any atom is 0.338 e. The molecule has 5 rings (SSSR count). The second-order valence-electron chi connectivity index (χ2n) is 10.9. The molecular weight excluding hydrogens is 636 g/mol. The molecule has 0 bridgehead atoms. The first-order valence-corrected chi connectivity index (χ1v) is 14.5. The number of hydrogen-bond acceptors (Lipinski definition) is 15. The molecule has 1 aliphatic carbocycles. The molecular formula is C33H34O15. The molecule has 1 fully saturated rings. The number of aromatic hydroxyl groups is 3. The van der Waals surface area contributed by atoms with Gasteiger partial charge >= 0.3 is 5.97 Å². The van der Waals surface area contributed by atoms with Crippen LogP contribution in [0.3, 0.4) is 0 Å². The Labute approximate surface area is 272 Å². The van der Waals surface area contributed by atoms with Crippen molar-refractivity contribution < 1.29 is 68.3 Å². The normalized spacial score (nSPS) is 20.6. The van der Waals surface area contributed by atoms with Gasteiger partial charge in [0.2, 0.25) is 16.9 Å². The third-order valence-electron chi connectivity index (χ3n) is 8.16. The number of esters is 1. The molecule has 48 heavy (non-hydrogen) atoms. The smallest absolute Gasteiger partial charge is 0.338 e. The highest BCUT2D eigenvalue weighted by Gasteiger charge is 2.45. The summed E-state index contributed by atoms with van der Waals surface area (Å²) in [4.78, 5) is 26.3. The highest BCUT2D eigenvalue weighted by atomic mass is 16.5. The molecule has 0 amide bonds. The average molecular weight is 671 g/mol. The van der Waals surface area contributed by atoms with Crippen LogP contribution in [-0.2, 0) is 4.74 Å². The predicted octanol–water partition coefficient (Wildman–Crippen LogP) is 2.32. The van der Waals surface area contributed by atoms with Crippen molar-refractivity contribution >= 4 is 16.9 Å². The minimum Gasteiger partial charge on any atom is -0.504 e. The fraction of sp³-hybridized carbons (Fsp3) is 0.333. The molecule has 15 heteroatoms. The van der Waals surface area contributed by atoms with E-state index in [0.29, 0.717) is 0 Å². The van der Waals surface area contributed by atoms with Crippen LogP contribution in [0.25, 0.3) is 22.1 Å². The van der Waals surface area contributed by atoms with E-state index in [-0.39, 0.29) is 80.9 Å². The van der Waals surface area contributed by atoms with Gasteiger partial charge in [0.05, 0.1) is 52.3 Å². The molecule has 6 N–H and O–H groups in total. The molecule has 3 aromatic carbocycles. The van der Waals surface area contributed by atoms with Crippen LogP contribution in [0.15, 0.2) is 51.9 Å². The van der Waals surface area contributed by atoms with E-state index in [4.69, 9.17) is 32.8 Å². The number of aliphatic hydroxyl groups is 3. The quantitative estimate of drug-likeness (QED) is 0.133. The van der Waals surface area contributed by atoms with E-state index in [1.165, 1.54) is 64.8 Å². The van der Waals surface area contributed by atoms with Crippen molar-refractivity contribution in [3.8, 4) is 57.1 Å². The first kappa shape index (κ1) is 34.0. The lowest BCUT2D eigenvalue weighted by Gasteiger charge is -2.40. The number of carbonyl (C=O) groups is 1. The Balaban J connectivity index is 1.42. The molecule has 1 aromatic heterocycles. The number of ether oxygens (including phenoxy) is 6. The summed E-state index contributed by atoms with van der Waals surface area (Å²) in [6, 6.07) is 7.82. The van der Waals surface area contributed by atoms with Crippen molar-refractivity contribution in [2.75, 3.05) is 35.0 Å². The monoisotopic (exact) mass is 670 g/mol. The maximum absolute atomic E-state index is 13.6. The molecule has 256 valence electrons. The summed E-state index contributed by atoms with van der Waals surface area (Å²) in [7, 11) is 5.22. The highest BCUT2D eigenvalue weighted by Crippen LogP contribution is 2.45.